The molecule has 0 atom stereocenters. The molecule has 0 aromatic heterocycles. The number of carbonyl (C=O) groups is 1. The first-order valence-electron chi connectivity index (χ1n) is 6.24. The smallest absolute Gasteiger partial charge is 0.132 e. The quantitative estimate of drug-likeness (QED) is 0.662. The van der Waals surface area contributed by atoms with Crippen LogP contribution in [0.2, 0.25) is 0 Å². The van der Waals surface area contributed by atoms with Crippen LogP contribution in [0.3, 0.4) is 0 Å². The van der Waals surface area contributed by atoms with Crippen LogP contribution in [0.1, 0.15) is 41.0 Å². The van der Waals surface area contributed by atoms with Gasteiger partial charge < -0.3 is 15.2 Å². The van der Waals surface area contributed by atoms with Crippen LogP contribution in [0.4, 0.5) is 0 Å². The molecular formula is C14H27NO3. The second kappa shape index (κ2) is 6.90. The fraction of sp³-hybridized carbons (Fsp3) is 0.786. The lowest BCUT2D eigenvalue weighted by atomic mass is 9.93. The molecule has 0 spiro atoms. The van der Waals surface area contributed by atoms with Gasteiger partial charge in [-0.05, 0) is 20.8 Å². The molecule has 4 nitrogen and oxygen atoms in total. The summed E-state index contributed by atoms with van der Waals surface area (Å²) < 4.78 is 5.82. The minimum atomic E-state index is -0.433. The van der Waals surface area contributed by atoms with Gasteiger partial charge in [0.05, 0.1) is 18.8 Å². The Balaban J connectivity index is 4.16. The van der Waals surface area contributed by atoms with E-state index in [-0.39, 0.29) is 17.8 Å². The Morgan fingerprint density at radius 1 is 1.33 bits per heavy atom. The second-order valence-electron chi connectivity index (χ2n) is 6.21. The lowest BCUT2D eigenvalue weighted by Gasteiger charge is -2.32. The van der Waals surface area contributed by atoms with Gasteiger partial charge in [0.25, 0.3) is 0 Å². The zero-order valence-electron chi connectivity index (χ0n) is 12.3. The lowest BCUT2D eigenvalue weighted by Crippen LogP contribution is -2.37. The predicted octanol–water partition coefficient (Wildman–Crippen LogP) is 1.88. The first-order chi connectivity index (χ1) is 8.08. The molecule has 4 heteroatoms. The van der Waals surface area contributed by atoms with Crippen LogP contribution < -0.4 is 5.32 Å². The van der Waals surface area contributed by atoms with Crippen molar-refractivity contribution in [2.24, 2.45) is 5.41 Å². The van der Waals surface area contributed by atoms with Crippen molar-refractivity contribution >= 4 is 5.78 Å². The number of hydrogen-bond donors (Lipinski definition) is 2. The van der Waals surface area contributed by atoms with Crippen LogP contribution in [0, 0.1) is 5.41 Å². The SMILES string of the molecule is C=C(CO)NCC(C)(C)COC(C)(C)CC(C)=O. The summed E-state index contributed by atoms with van der Waals surface area (Å²) in [6, 6.07) is 0. The topological polar surface area (TPSA) is 58.6 Å². The Kier molecular flexibility index (Phi) is 6.57. The fourth-order valence-corrected chi connectivity index (χ4v) is 1.51. The third kappa shape index (κ3) is 8.25. The summed E-state index contributed by atoms with van der Waals surface area (Å²) >= 11 is 0. The molecule has 0 bridgehead atoms. The third-order valence-electron chi connectivity index (χ3n) is 2.54. The molecule has 2 N–H and O–H groups in total. The molecular weight excluding hydrogens is 230 g/mol. The lowest BCUT2D eigenvalue weighted by molar-refractivity contribution is -0.125. The number of ether oxygens (including phenoxy) is 1. The van der Waals surface area contributed by atoms with E-state index >= 15 is 0 Å². The largest absolute Gasteiger partial charge is 0.390 e. The standard InChI is InChI=1S/C14H27NO3/c1-11(8-16)15-9-13(3,4)10-18-14(5,6)7-12(2)17/h15-16H,1,7-10H2,2-6H3. The molecule has 0 aliphatic carbocycles. The maximum absolute atomic E-state index is 11.1. The number of aliphatic hydroxyl groups excluding tert-OH is 1. The van der Waals surface area contributed by atoms with Gasteiger partial charge in [-0.2, -0.15) is 0 Å². The van der Waals surface area contributed by atoms with Crippen LogP contribution in [-0.4, -0.2) is 36.2 Å². The molecule has 106 valence electrons. The zero-order chi connectivity index (χ0) is 14.4. The van der Waals surface area contributed by atoms with Crippen molar-refractivity contribution < 1.29 is 14.6 Å². The van der Waals surface area contributed by atoms with Gasteiger partial charge in [-0.25, -0.2) is 0 Å². The van der Waals surface area contributed by atoms with Gasteiger partial charge in [0.2, 0.25) is 0 Å². The highest BCUT2D eigenvalue weighted by molar-refractivity contribution is 5.76. The highest BCUT2D eigenvalue weighted by Gasteiger charge is 2.26. The van der Waals surface area contributed by atoms with E-state index in [0.717, 1.165) is 0 Å². The number of carbonyl (C=O) groups excluding carboxylic acids is 1. The molecule has 0 fully saturated rings. The zero-order valence-corrected chi connectivity index (χ0v) is 12.3. The van der Waals surface area contributed by atoms with Crippen molar-refractivity contribution in [3.8, 4) is 0 Å². The van der Waals surface area contributed by atoms with E-state index in [2.05, 4.69) is 25.7 Å². The first-order valence-corrected chi connectivity index (χ1v) is 6.24. The summed E-state index contributed by atoms with van der Waals surface area (Å²) in [5, 5.41) is 11.9. The van der Waals surface area contributed by atoms with Gasteiger partial charge >= 0.3 is 0 Å². The molecule has 0 aromatic rings. The number of ketones is 1. The van der Waals surface area contributed by atoms with Crippen molar-refractivity contribution in [2.75, 3.05) is 19.8 Å². The maximum Gasteiger partial charge on any atom is 0.132 e. The van der Waals surface area contributed by atoms with Gasteiger partial charge in [0.15, 0.2) is 0 Å². The summed E-state index contributed by atoms with van der Waals surface area (Å²) in [6.45, 7) is 14.4. The van der Waals surface area contributed by atoms with Crippen molar-refractivity contribution in [1.82, 2.24) is 5.32 Å². The van der Waals surface area contributed by atoms with E-state index in [1.54, 1.807) is 6.92 Å². The second-order valence-corrected chi connectivity index (χ2v) is 6.21. The summed E-state index contributed by atoms with van der Waals surface area (Å²) in [7, 11) is 0. The van der Waals surface area contributed by atoms with E-state index in [4.69, 9.17) is 9.84 Å². The summed E-state index contributed by atoms with van der Waals surface area (Å²) in [5.41, 5.74) is 0.0783. The average Bonchev–Trinajstić information content (AvgIpc) is 2.22. The molecule has 0 heterocycles. The third-order valence-corrected chi connectivity index (χ3v) is 2.54. The van der Waals surface area contributed by atoms with Crippen molar-refractivity contribution in [1.29, 1.82) is 0 Å². The van der Waals surface area contributed by atoms with Gasteiger partial charge in [0.1, 0.15) is 5.78 Å². The number of Topliss-reactive ketones (excluding diaryl/α,β-unsaturated/α-hetero) is 1. The Morgan fingerprint density at radius 2 is 1.89 bits per heavy atom. The highest BCUT2D eigenvalue weighted by atomic mass is 16.5. The van der Waals surface area contributed by atoms with Crippen LogP contribution in [0.5, 0.6) is 0 Å². The van der Waals surface area contributed by atoms with Gasteiger partial charge in [-0.3, -0.25) is 4.79 Å². The molecule has 0 aliphatic rings. The van der Waals surface area contributed by atoms with Crippen LogP contribution in [0.15, 0.2) is 12.3 Å². The average molecular weight is 257 g/mol. The molecule has 0 aliphatic heterocycles. The molecule has 0 amide bonds. The van der Waals surface area contributed by atoms with E-state index in [9.17, 15) is 4.79 Å². The molecule has 0 saturated heterocycles. The van der Waals surface area contributed by atoms with Crippen LogP contribution >= 0.6 is 0 Å². The molecule has 0 aromatic carbocycles. The Morgan fingerprint density at radius 3 is 2.33 bits per heavy atom. The van der Waals surface area contributed by atoms with Crippen LogP contribution in [-0.2, 0) is 9.53 Å². The van der Waals surface area contributed by atoms with Crippen molar-refractivity contribution in [3.05, 3.63) is 12.3 Å². The van der Waals surface area contributed by atoms with Gasteiger partial charge in [-0.1, -0.05) is 20.4 Å². The number of rotatable bonds is 9. The predicted molar refractivity (Wildman–Crippen MR) is 73.3 cm³/mol. The first kappa shape index (κ1) is 17.1. The van der Waals surface area contributed by atoms with E-state index in [0.29, 0.717) is 25.3 Å². The van der Waals surface area contributed by atoms with E-state index in [1.807, 2.05) is 13.8 Å². The minimum Gasteiger partial charge on any atom is -0.390 e. The monoisotopic (exact) mass is 257 g/mol. The van der Waals surface area contributed by atoms with Gasteiger partial charge in [-0.15, -0.1) is 0 Å². The minimum absolute atomic E-state index is 0.0627. The summed E-state index contributed by atoms with van der Waals surface area (Å²) in [4.78, 5) is 11.1. The Labute approximate surface area is 110 Å². The Bertz CT molecular complexity index is 295. The van der Waals surface area contributed by atoms with E-state index < -0.39 is 5.60 Å². The van der Waals surface area contributed by atoms with Crippen LogP contribution in [0.25, 0.3) is 0 Å². The number of nitrogens with one attached hydrogen (secondary N) is 1. The molecule has 0 saturated carbocycles. The van der Waals surface area contributed by atoms with Crippen molar-refractivity contribution in [2.45, 2.75) is 46.6 Å². The molecule has 0 rings (SSSR count). The van der Waals surface area contributed by atoms with E-state index in [1.165, 1.54) is 0 Å². The summed E-state index contributed by atoms with van der Waals surface area (Å²) in [6.07, 6.45) is 0.417. The molecule has 18 heavy (non-hydrogen) atoms. The number of aliphatic hydroxyl groups is 1. The highest BCUT2D eigenvalue weighted by Crippen LogP contribution is 2.21. The molecule has 0 unspecified atom stereocenters. The fourth-order valence-electron chi connectivity index (χ4n) is 1.51. The molecule has 0 radical (unpaired) electrons. The van der Waals surface area contributed by atoms with Crippen molar-refractivity contribution in [3.63, 3.8) is 0 Å². The Hall–Kier alpha value is -0.870. The number of hydrogen-bond acceptors (Lipinski definition) is 4. The maximum atomic E-state index is 11.1. The normalized spacial score (nSPS) is 12.3. The summed E-state index contributed by atoms with van der Waals surface area (Å²) in [5.74, 6) is 0.129. The van der Waals surface area contributed by atoms with Gasteiger partial charge in [0, 0.05) is 24.1 Å².